The molecule has 146 valence electrons. The van der Waals surface area contributed by atoms with Gasteiger partial charge < -0.3 is 10.2 Å². The van der Waals surface area contributed by atoms with Crippen molar-refractivity contribution in [3.63, 3.8) is 0 Å². The summed E-state index contributed by atoms with van der Waals surface area (Å²) >= 11 is 0. The van der Waals surface area contributed by atoms with Gasteiger partial charge in [-0.2, -0.15) is 0 Å². The largest absolute Gasteiger partial charge is 0.394 e. The monoisotopic (exact) mass is 402 g/mol. The second-order valence-corrected chi connectivity index (χ2v) is 7.98. The van der Waals surface area contributed by atoms with Crippen LogP contribution in [0.15, 0.2) is 86.2 Å². The summed E-state index contributed by atoms with van der Waals surface area (Å²) in [7, 11) is -4.22. The Kier molecular flexibility index (Phi) is 5.59. The number of para-hydroxylation sites is 1. The summed E-state index contributed by atoms with van der Waals surface area (Å²) in [4.78, 5) is 25.1. The Labute approximate surface area is 160 Å². The zero-order chi connectivity index (χ0) is 20.3. The van der Waals surface area contributed by atoms with Crippen molar-refractivity contribution in [2.45, 2.75) is 22.4 Å². The lowest BCUT2D eigenvalue weighted by atomic mass is 10.3. The molecule has 28 heavy (non-hydrogen) atoms. The van der Waals surface area contributed by atoms with E-state index in [1.165, 1.54) is 36.4 Å². The molecule has 0 aliphatic rings. The second kappa shape index (κ2) is 7.93. The van der Waals surface area contributed by atoms with E-state index in [9.17, 15) is 23.1 Å². The lowest BCUT2D eigenvalue weighted by molar-refractivity contribution is 0.0796. The molecule has 1 heterocycles. The third kappa shape index (κ3) is 3.68. The molecule has 1 aromatic heterocycles. The first-order valence-corrected chi connectivity index (χ1v) is 9.85. The molecule has 0 bridgehead atoms. The third-order valence-electron chi connectivity index (χ3n) is 4.10. The standard InChI is InChI=1S/C19H18N2O6S/c22-13-15(23)11-20-12-17(28(26,27)16-9-5-2-6-10-16)18(24)21(19(20)25)14-7-3-1-4-8-14/h1-10,12,15,22-23H,11,13H2/t15-/m1/s1. The van der Waals surface area contributed by atoms with Gasteiger partial charge in [0.1, 0.15) is 0 Å². The van der Waals surface area contributed by atoms with E-state index in [1.54, 1.807) is 24.3 Å². The topological polar surface area (TPSA) is 119 Å². The minimum Gasteiger partial charge on any atom is -0.394 e. The summed E-state index contributed by atoms with van der Waals surface area (Å²) in [6.07, 6.45) is -0.391. The maximum absolute atomic E-state index is 13.0. The van der Waals surface area contributed by atoms with Crippen LogP contribution in [0.25, 0.3) is 5.69 Å². The zero-order valence-electron chi connectivity index (χ0n) is 14.7. The minimum atomic E-state index is -4.22. The Bertz CT molecular complexity index is 1180. The molecule has 8 nitrogen and oxygen atoms in total. The van der Waals surface area contributed by atoms with Gasteiger partial charge in [-0.3, -0.25) is 9.36 Å². The van der Waals surface area contributed by atoms with Gasteiger partial charge in [-0.15, -0.1) is 0 Å². The van der Waals surface area contributed by atoms with Crippen molar-refractivity contribution in [2.75, 3.05) is 6.61 Å². The van der Waals surface area contributed by atoms with E-state index in [0.29, 0.717) is 0 Å². The summed E-state index contributed by atoms with van der Waals surface area (Å²) < 4.78 is 27.7. The molecule has 0 fully saturated rings. The number of hydrogen-bond donors (Lipinski definition) is 2. The van der Waals surface area contributed by atoms with E-state index < -0.39 is 38.7 Å². The molecule has 0 unspecified atom stereocenters. The molecule has 3 aromatic rings. The summed E-state index contributed by atoms with van der Waals surface area (Å²) in [5, 5.41) is 18.8. The number of benzene rings is 2. The average Bonchev–Trinajstić information content (AvgIpc) is 2.71. The predicted molar refractivity (Wildman–Crippen MR) is 101 cm³/mol. The molecule has 1 atom stereocenters. The van der Waals surface area contributed by atoms with Crippen LogP contribution in [0.3, 0.4) is 0 Å². The van der Waals surface area contributed by atoms with Crippen molar-refractivity contribution < 1.29 is 18.6 Å². The van der Waals surface area contributed by atoms with Gasteiger partial charge in [0.2, 0.25) is 9.84 Å². The molecule has 0 radical (unpaired) electrons. The number of aliphatic hydroxyl groups excluding tert-OH is 2. The first-order chi connectivity index (χ1) is 13.4. The molecule has 0 amide bonds. The van der Waals surface area contributed by atoms with Crippen molar-refractivity contribution in [1.29, 1.82) is 0 Å². The van der Waals surface area contributed by atoms with E-state index in [-0.39, 0.29) is 17.1 Å². The van der Waals surface area contributed by atoms with Gasteiger partial charge in [0.15, 0.2) is 4.90 Å². The van der Waals surface area contributed by atoms with Crippen LogP contribution < -0.4 is 11.2 Å². The number of aromatic nitrogens is 2. The quantitative estimate of drug-likeness (QED) is 0.607. The fourth-order valence-corrected chi connectivity index (χ4v) is 4.07. The van der Waals surface area contributed by atoms with Gasteiger partial charge in [0, 0.05) is 6.20 Å². The highest BCUT2D eigenvalue weighted by Gasteiger charge is 2.26. The normalized spacial score (nSPS) is 12.6. The van der Waals surface area contributed by atoms with Crippen LogP contribution in [-0.2, 0) is 16.4 Å². The molecule has 0 saturated heterocycles. The highest BCUT2D eigenvalue weighted by Crippen LogP contribution is 2.17. The Morgan fingerprint density at radius 2 is 1.50 bits per heavy atom. The van der Waals surface area contributed by atoms with Crippen molar-refractivity contribution in [1.82, 2.24) is 9.13 Å². The van der Waals surface area contributed by atoms with Crippen LogP contribution in [-0.4, -0.2) is 40.5 Å². The molecule has 3 rings (SSSR count). The van der Waals surface area contributed by atoms with E-state index in [1.807, 2.05) is 0 Å². The van der Waals surface area contributed by atoms with Crippen molar-refractivity contribution >= 4 is 9.84 Å². The van der Waals surface area contributed by atoms with Crippen LogP contribution >= 0.6 is 0 Å². The summed E-state index contributed by atoms with van der Waals surface area (Å²) in [6, 6.07) is 15.3. The van der Waals surface area contributed by atoms with Gasteiger partial charge >= 0.3 is 5.69 Å². The van der Waals surface area contributed by atoms with E-state index in [0.717, 1.165) is 15.3 Å². The Morgan fingerprint density at radius 3 is 2.07 bits per heavy atom. The first kappa shape index (κ1) is 19.7. The molecular formula is C19H18N2O6S. The molecular weight excluding hydrogens is 384 g/mol. The minimum absolute atomic E-state index is 0.0976. The van der Waals surface area contributed by atoms with Crippen LogP contribution in [0, 0.1) is 0 Å². The first-order valence-electron chi connectivity index (χ1n) is 8.37. The lowest BCUT2D eigenvalue weighted by Crippen LogP contribution is -2.42. The van der Waals surface area contributed by atoms with Crippen molar-refractivity contribution in [3.8, 4) is 5.69 Å². The number of rotatable bonds is 6. The van der Waals surface area contributed by atoms with Crippen molar-refractivity contribution in [3.05, 3.63) is 87.7 Å². The van der Waals surface area contributed by atoms with Gasteiger partial charge in [-0.05, 0) is 24.3 Å². The fraction of sp³-hybridized carbons (Fsp3) is 0.158. The van der Waals surface area contributed by atoms with Gasteiger partial charge in [-0.1, -0.05) is 36.4 Å². The molecule has 0 aliphatic heterocycles. The van der Waals surface area contributed by atoms with Crippen LogP contribution in [0.5, 0.6) is 0 Å². The highest BCUT2D eigenvalue weighted by atomic mass is 32.2. The highest BCUT2D eigenvalue weighted by molar-refractivity contribution is 7.91. The molecule has 0 aliphatic carbocycles. The third-order valence-corrected chi connectivity index (χ3v) is 5.85. The zero-order valence-corrected chi connectivity index (χ0v) is 15.5. The Balaban J connectivity index is 2.33. The molecule has 2 N–H and O–H groups in total. The van der Waals surface area contributed by atoms with Gasteiger partial charge in [0.05, 0.1) is 29.8 Å². The van der Waals surface area contributed by atoms with Crippen molar-refractivity contribution in [2.24, 2.45) is 0 Å². The number of hydrogen-bond acceptors (Lipinski definition) is 6. The van der Waals surface area contributed by atoms with E-state index in [4.69, 9.17) is 5.11 Å². The van der Waals surface area contributed by atoms with Crippen LogP contribution in [0.2, 0.25) is 0 Å². The average molecular weight is 402 g/mol. The van der Waals surface area contributed by atoms with Crippen LogP contribution in [0.4, 0.5) is 0 Å². The maximum atomic E-state index is 13.0. The van der Waals surface area contributed by atoms with E-state index >= 15 is 0 Å². The summed E-state index contributed by atoms with van der Waals surface area (Å²) in [6.45, 7) is -1.00. The molecule has 0 spiro atoms. The second-order valence-electron chi connectivity index (χ2n) is 6.06. The summed E-state index contributed by atoms with van der Waals surface area (Å²) in [5.41, 5.74) is -1.62. The predicted octanol–water partition coefficient (Wildman–Crippen LogP) is 0.185. The smallest absolute Gasteiger partial charge is 0.335 e. The molecule has 9 heteroatoms. The number of aliphatic hydroxyl groups is 2. The summed E-state index contributed by atoms with van der Waals surface area (Å²) in [5.74, 6) is 0. The SMILES string of the molecule is O=c1c(S(=O)(=O)c2ccccc2)cn(C[C@@H](O)CO)c(=O)n1-c1ccccc1. The van der Waals surface area contributed by atoms with Gasteiger partial charge in [0.25, 0.3) is 5.56 Å². The van der Waals surface area contributed by atoms with Gasteiger partial charge in [-0.25, -0.2) is 17.8 Å². The molecule has 2 aromatic carbocycles. The Hall–Kier alpha value is -3.01. The van der Waals surface area contributed by atoms with E-state index in [2.05, 4.69) is 0 Å². The fourth-order valence-electron chi connectivity index (χ4n) is 2.71. The molecule has 0 saturated carbocycles. The Morgan fingerprint density at radius 1 is 0.929 bits per heavy atom. The van der Waals surface area contributed by atoms with Crippen LogP contribution in [0.1, 0.15) is 0 Å². The lowest BCUT2D eigenvalue weighted by Gasteiger charge is -2.15. The number of nitrogens with zero attached hydrogens (tertiary/aromatic N) is 2. The number of sulfone groups is 1. The maximum Gasteiger partial charge on any atom is 0.335 e.